The number of aromatic nitrogens is 1. The lowest BCUT2D eigenvalue weighted by Gasteiger charge is -2.36. The van der Waals surface area contributed by atoms with Crippen LogP contribution >= 0.6 is 39.3 Å². The minimum absolute atomic E-state index is 0.0591. The summed E-state index contributed by atoms with van der Waals surface area (Å²) in [5.74, 6) is -0.180. The van der Waals surface area contributed by atoms with Crippen molar-refractivity contribution in [2.75, 3.05) is 39.4 Å². The van der Waals surface area contributed by atoms with Gasteiger partial charge in [-0.3, -0.25) is 14.5 Å². The molecule has 0 saturated carbocycles. The predicted molar refractivity (Wildman–Crippen MR) is 175 cm³/mol. The maximum Gasteiger partial charge on any atom is 0.239 e. The van der Waals surface area contributed by atoms with Crippen LogP contribution in [-0.2, 0) is 20.9 Å². The molecule has 1 aromatic heterocycles. The van der Waals surface area contributed by atoms with Gasteiger partial charge in [0.15, 0.2) is 0 Å². The van der Waals surface area contributed by atoms with Crippen LogP contribution in [0, 0.1) is 0 Å². The zero-order chi connectivity index (χ0) is 29.8. The Balaban J connectivity index is 1.38. The second-order valence-electron chi connectivity index (χ2n) is 11.0. The van der Waals surface area contributed by atoms with E-state index in [4.69, 9.17) is 16.3 Å². The Kier molecular flexibility index (Phi) is 9.45. The third-order valence-electron chi connectivity index (χ3n) is 8.19. The first kappa shape index (κ1) is 30.2. The van der Waals surface area contributed by atoms with E-state index in [9.17, 15) is 9.59 Å². The third kappa shape index (κ3) is 6.66. The van der Waals surface area contributed by atoms with Crippen molar-refractivity contribution in [1.82, 2.24) is 20.1 Å². The Bertz CT molecular complexity index is 1580. The average molecular weight is 682 g/mol. The summed E-state index contributed by atoms with van der Waals surface area (Å²) < 4.78 is 5.31. The molecule has 2 amide bonds. The summed E-state index contributed by atoms with van der Waals surface area (Å²) in [6.07, 6.45) is 2.87. The fourth-order valence-corrected chi connectivity index (χ4v) is 7.99. The SMILES string of the molecule is O=C1C[C@](Sc2ccccc2)(C(=O)NCCCN2CCOCC2)[C@H](c2c[nH]c3ccc(Br)cc23)N1Cc1ccc(Cl)cc1. The van der Waals surface area contributed by atoms with Gasteiger partial charge in [-0.1, -0.05) is 57.9 Å². The molecule has 2 atom stereocenters. The van der Waals surface area contributed by atoms with Gasteiger partial charge < -0.3 is 19.9 Å². The molecule has 0 spiro atoms. The largest absolute Gasteiger partial charge is 0.379 e. The van der Waals surface area contributed by atoms with Crippen LogP contribution in [-0.4, -0.2) is 70.7 Å². The molecule has 0 radical (unpaired) electrons. The Morgan fingerprint density at radius 1 is 1.09 bits per heavy atom. The summed E-state index contributed by atoms with van der Waals surface area (Å²) in [6.45, 7) is 5.11. The highest BCUT2D eigenvalue weighted by Gasteiger charge is 2.58. The van der Waals surface area contributed by atoms with Crippen molar-refractivity contribution in [2.45, 2.75) is 35.1 Å². The number of likely N-dealkylation sites (tertiary alicyclic amines) is 1. The maximum atomic E-state index is 14.5. The fourth-order valence-electron chi connectivity index (χ4n) is 6.06. The molecular formula is C33H34BrClN4O3S. The standard InChI is InChI=1S/C33H34BrClN4O3S/c34-24-9-12-29-27(19-24)28(21-37-29)31-33(43-26-5-2-1-3-6-26,32(41)36-13-4-14-38-15-17-42-18-16-38)20-30(40)39(31)22-23-7-10-25(35)11-8-23/h1-3,5-12,19,21,31,37H,4,13-18,20,22H2,(H,36,41)/t31-,33+/m0/s1. The number of thioether (sulfide) groups is 1. The van der Waals surface area contributed by atoms with E-state index in [2.05, 4.69) is 37.2 Å². The Labute approximate surface area is 269 Å². The van der Waals surface area contributed by atoms with Crippen molar-refractivity contribution >= 4 is 62.0 Å². The highest BCUT2D eigenvalue weighted by Crippen LogP contribution is 2.54. The molecule has 6 rings (SSSR count). The number of nitrogens with zero attached hydrogens (tertiary/aromatic N) is 2. The fraction of sp³-hybridized carbons (Fsp3) is 0.333. The van der Waals surface area contributed by atoms with Crippen molar-refractivity contribution in [1.29, 1.82) is 0 Å². The van der Waals surface area contributed by atoms with Gasteiger partial charge in [0.2, 0.25) is 11.8 Å². The molecule has 3 heterocycles. The number of carbonyl (C=O) groups excluding carboxylic acids is 2. The Hall–Kier alpha value is -2.82. The van der Waals surface area contributed by atoms with E-state index in [1.165, 1.54) is 11.8 Å². The van der Waals surface area contributed by atoms with Crippen LogP contribution in [0.5, 0.6) is 0 Å². The number of rotatable bonds is 10. The van der Waals surface area contributed by atoms with Gasteiger partial charge in [0, 0.05) is 63.2 Å². The van der Waals surface area contributed by atoms with E-state index in [1.807, 2.05) is 77.8 Å². The quantitative estimate of drug-likeness (QED) is 0.189. The number of aromatic amines is 1. The first-order valence-corrected chi connectivity index (χ1v) is 16.5. The number of fused-ring (bicyclic) bond motifs is 1. The molecular weight excluding hydrogens is 648 g/mol. The topological polar surface area (TPSA) is 77.7 Å². The molecule has 0 unspecified atom stereocenters. The van der Waals surface area contributed by atoms with E-state index in [0.29, 0.717) is 18.1 Å². The molecule has 2 aliphatic heterocycles. The lowest BCUT2D eigenvalue weighted by Crippen LogP contribution is -2.48. The molecule has 2 saturated heterocycles. The summed E-state index contributed by atoms with van der Waals surface area (Å²) >= 11 is 11.3. The predicted octanol–water partition coefficient (Wildman–Crippen LogP) is 6.43. The monoisotopic (exact) mass is 680 g/mol. The van der Waals surface area contributed by atoms with Gasteiger partial charge >= 0.3 is 0 Å². The summed E-state index contributed by atoms with van der Waals surface area (Å²) in [5.41, 5.74) is 2.83. The summed E-state index contributed by atoms with van der Waals surface area (Å²) in [7, 11) is 0. The minimum Gasteiger partial charge on any atom is -0.379 e. The molecule has 7 nitrogen and oxygen atoms in total. The molecule has 2 aliphatic rings. The van der Waals surface area contributed by atoms with Gasteiger partial charge in [0.1, 0.15) is 4.75 Å². The van der Waals surface area contributed by atoms with Crippen LogP contribution in [0.25, 0.3) is 10.9 Å². The summed E-state index contributed by atoms with van der Waals surface area (Å²) in [6, 6.07) is 23.0. The number of ether oxygens (including phenoxy) is 1. The van der Waals surface area contributed by atoms with Crippen LogP contribution in [0.2, 0.25) is 5.02 Å². The van der Waals surface area contributed by atoms with E-state index in [1.54, 1.807) is 0 Å². The van der Waals surface area contributed by atoms with Gasteiger partial charge in [-0.25, -0.2) is 0 Å². The normalized spacial score (nSPS) is 21.0. The highest BCUT2D eigenvalue weighted by molar-refractivity contribution is 9.10. The van der Waals surface area contributed by atoms with E-state index >= 15 is 0 Å². The Morgan fingerprint density at radius 2 is 1.86 bits per heavy atom. The summed E-state index contributed by atoms with van der Waals surface area (Å²) in [5, 5.41) is 4.87. The lowest BCUT2D eigenvalue weighted by atomic mass is 9.91. The Morgan fingerprint density at radius 3 is 2.63 bits per heavy atom. The van der Waals surface area contributed by atoms with Crippen LogP contribution in [0.15, 0.2) is 88.4 Å². The molecule has 2 N–H and O–H groups in total. The number of H-pyrrole nitrogens is 1. The lowest BCUT2D eigenvalue weighted by molar-refractivity contribution is -0.129. The molecule has 4 aromatic rings. The van der Waals surface area contributed by atoms with Gasteiger partial charge in [0.05, 0.1) is 25.7 Å². The van der Waals surface area contributed by atoms with Gasteiger partial charge in [-0.2, -0.15) is 0 Å². The number of amides is 2. The minimum atomic E-state index is -1.10. The van der Waals surface area contributed by atoms with Crippen molar-refractivity contribution in [3.63, 3.8) is 0 Å². The van der Waals surface area contributed by atoms with E-state index < -0.39 is 10.8 Å². The van der Waals surface area contributed by atoms with Crippen molar-refractivity contribution in [2.24, 2.45) is 0 Å². The van der Waals surface area contributed by atoms with Crippen molar-refractivity contribution in [3.8, 4) is 0 Å². The second-order valence-corrected chi connectivity index (χ2v) is 13.8. The van der Waals surface area contributed by atoms with Crippen LogP contribution in [0.1, 0.15) is 30.0 Å². The highest BCUT2D eigenvalue weighted by atomic mass is 79.9. The molecule has 43 heavy (non-hydrogen) atoms. The molecule has 2 fully saturated rings. The smallest absolute Gasteiger partial charge is 0.239 e. The van der Waals surface area contributed by atoms with Crippen LogP contribution < -0.4 is 5.32 Å². The van der Waals surface area contributed by atoms with Crippen LogP contribution in [0.3, 0.4) is 0 Å². The number of hydrogen-bond acceptors (Lipinski definition) is 5. The third-order valence-corrected chi connectivity index (χ3v) is 10.4. The van der Waals surface area contributed by atoms with E-state index in [-0.39, 0.29) is 18.2 Å². The number of carbonyl (C=O) groups is 2. The number of nitrogens with one attached hydrogen (secondary N) is 2. The van der Waals surface area contributed by atoms with Crippen molar-refractivity contribution in [3.05, 3.63) is 99.6 Å². The van der Waals surface area contributed by atoms with E-state index in [0.717, 1.165) is 70.7 Å². The van der Waals surface area contributed by atoms with Gasteiger partial charge in [-0.15, -0.1) is 11.8 Å². The number of morpholine rings is 1. The molecule has 3 aromatic carbocycles. The molecule has 224 valence electrons. The maximum absolute atomic E-state index is 14.5. The number of halogens is 2. The first-order valence-electron chi connectivity index (χ1n) is 14.6. The zero-order valence-corrected chi connectivity index (χ0v) is 26.9. The zero-order valence-electron chi connectivity index (χ0n) is 23.7. The number of benzene rings is 3. The number of hydrogen-bond donors (Lipinski definition) is 2. The van der Waals surface area contributed by atoms with Crippen molar-refractivity contribution < 1.29 is 14.3 Å². The van der Waals surface area contributed by atoms with Gasteiger partial charge in [-0.05, 0) is 61.0 Å². The second kappa shape index (κ2) is 13.4. The van der Waals surface area contributed by atoms with Crippen LogP contribution in [0.4, 0.5) is 0 Å². The summed E-state index contributed by atoms with van der Waals surface area (Å²) in [4.78, 5) is 37.2. The first-order chi connectivity index (χ1) is 20.9. The molecule has 0 aliphatic carbocycles. The average Bonchev–Trinajstić information content (AvgIpc) is 3.54. The van der Waals surface area contributed by atoms with Gasteiger partial charge in [0.25, 0.3) is 0 Å². The molecule has 0 bridgehead atoms. The molecule has 10 heteroatoms.